The monoisotopic (exact) mass is 335 g/mol. The number of hydrogen-bond donors (Lipinski definition) is 2. The Morgan fingerprint density at radius 3 is 2.50 bits per heavy atom. The van der Waals surface area contributed by atoms with Gasteiger partial charge in [-0.3, -0.25) is 4.79 Å². The van der Waals surface area contributed by atoms with Crippen LogP contribution < -0.4 is 5.32 Å². The number of rotatable bonds is 4. The zero-order chi connectivity index (χ0) is 16.1. The first kappa shape index (κ1) is 16.1. The molecule has 0 unspecified atom stereocenters. The highest BCUT2D eigenvalue weighted by Crippen LogP contribution is 2.22. The van der Waals surface area contributed by atoms with E-state index in [-0.39, 0.29) is 11.3 Å². The average molecular weight is 336 g/mol. The highest BCUT2D eigenvalue weighted by Gasteiger charge is 2.10. The van der Waals surface area contributed by atoms with Crippen LogP contribution in [0.3, 0.4) is 0 Å². The topological polar surface area (TPSA) is 66.4 Å². The Morgan fingerprint density at radius 2 is 1.82 bits per heavy atom. The summed E-state index contributed by atoms with van der Waals surface area (Å²) in [5.74, 6) is -1.57. The van der Waals surface area contributed by atoms with Crippen molar-refractivity contribution in [2.45, 2.75) is 0 Å². The number of para-hydroxylation sites is 1. The molecule has 0 aromatic heterocycles. The average Bonchev–Trinajstić information content (AvgIpc) is 2.46. The number of carboxylic acids is 1. The molecule has 4 nitrogen and oxygen atoms in total. The summed E-state index contributed by atoms with van der Waals surface area (Å²) in [5, 5.41) is 12.5. The van der Waals surface area contributed by atoms with Gasteiger partial charge >= 0.3 is 5.97 Å². The number of aromatic carboxylic acids is 1. The molecule has 0 saturated heterocycles. The van der Waals surface area contributed by atoms with Crippen molar-refractivity contribution in [3.63, 3.8) is 0 Å². The van der Waals surface area contributed by atoms with Gasteiger partial charge in [0.05, 0.1) is 11.3 Å². The number of benzene rings is 2. The third kappa shape index (κ3) is 4.10. The largest absolute Gasteiger partial charge is 0.478 e. The molecule has 0 heterocycles. The van der Waals surface area contributed by atoms with Crippen molar-refractivity contribution >= 4 is 46.8 Å². The summed E-state index contributed by atoms with van der Waals surface area (Å²) < 4.78 is 0. The lowest BCUT2D eigenvalue weighted by Crippen LogP contribution is -2.11. The van der Waals surface area contributed by atoms with Gasteiger partial charge in [-0.15, -0.1) is 0 Å². The molecule has 0 aliphatic heterocycles. The van der Waals surface area contributed by atoms with E-state index in [1.165, 1.54) is 24.3 Å². The molecule has 6 heteroatoms. The maximum Gasteiger partial charge on any atom is 0.337 e. The molecular formula is C16H11Cl2NO3. The maximum absolute atomic E-state index is 11.9. The molecule has 112 valence electrons. The predicted molar refractivity (Wildman–Crippen MR) is 87.5 cm³/mol. The highest BCUT2D eigenvalue weighted by molar-refractivity contribution is 6.35. The second kappa shape index (κ2) is 7.11. The Bertz CT molecular complexity index is 757. The third-order valence-corrected chi connectivity index (χ3v) is 3.35. The van der Waals surface area contributed by atoms with Crippen LogP contribution in [-0.2, 0) is 4.79 Å². The molecule has 2 rings (SSSR count). The standard InChI is InChI=1S/C16H11Cl2NO3/c17-11-7-5-10(13(18)9-11)6-8-15(20)19-14-4-2-1-3-12(14)16(21)22/h1-9H,(H,19,20)(H,21,22)/b8-6+. The first-order valence-corrected chi connectivity index (χ1v) is 6.99. The number of carboxylic acid groups (broad SMARTS) is 1. The van der Waals surface area contributed by atoms with Crippen molar-refractivity contribution in [1.29, 1.82) is 0 Å². The van der Waals surface area contributed by atoms with Crippen LogP contribution in [0, 0.1) is 0 Å². The fraction of sp³-hybridized carbons (Fsp3) is 0. The summed E-state index contributed by atoms with van der Waals surface area (Å²) in [6, 6.07) is 11.1. The number of hydrogen-bond acceptors (Lipinski definition) is 2. The molecule has 0 radical (unpaired) electrons. The molecule has 0 aliphatic carbocycles. The van der Waals surface area contributed by atoms with E-state index in [9.17, 15) is 9.59 Å². The number of nitrogens with one attached hydrogen (secondary N) is 1. The first-order valence-electron chi connectivity index (χ1n) is 6.24. The van der Waals surface area contributed by atoms with Gasteiger partial charge in [0, 0.05) is 16.1 Å². The van der Waals surface area contributed by atoms with Crippen molar-refractivity contribution in [3.05, 3.63) is 69.7 Å². The van der Waals surface area contributed by atoms with Crippen molar-refractivity contribution in [2.75, 3.05) is 5.32 Å². The van der Waals surface area contributed by atoms with Crippen LogP contribution in [0.15, 0.2) is 48.5 Å². The van der Waals surface area contributed by atoms with Gasteiger partial charge in [-0.25, -0.2) is 4.79 Å². The van der Waals surface area contributed by atoms with Gasteiger partial charge in [-0.05, 0) is 35.9 Å². The molecule has 1 amide bonds. The van der Waals surface area contributed by atoms with Gasteiger partial charge in [-0.2, -0.15) is 0 Å². The minimum atomic E-state index is -1.11. The van der Waals surface area contributed by atoms with Crippen molar-refractivity contribution in [1.82, 2.24) is 0 Å². The lowest BCUT2D eigenvalue weighted by atomic mass is 10.1. The van der Waals surface area contributed by atoms with Gasteiger partial charge in [0.25, 0.3) is 0 Å². The molecule has 0 saturated carbocycles. The molecule has 2 aromatic rings. The van der Waals surface area contributed by atoms with E-state index in [2.05, 4.69) is 5.32 Å². The quantitative estimate of drug-likeness (QED) is 0.816. The SMILES string of the molecule is O=C(/C=C/c1ccc(Cl)cc1Cl)Nc1ccccc1C(=O)O. The normalized spacial score (nSPS) is 10.6. The van der Waals surface area contributed by atoms with Gasteiger partial charge in [0.1, 0.15) is 0 Å². The summed E-state index contributed by atoms with van der Waals surface area (Å²) in [5.41, 5.74) is 0.883. The number of amides is 1. The Balaban J connectivity index is 2.13. The summed E-state index contributed by atoms with van der Waals surface area (Å²) in [6.07, 6.45) is 2.80. The molecule has 22 heavy (non-hydrogen) atoms. The highest BCUT2D eigenvalue weighted by atomic mass is 35.5. The van der Waals surface area contributed by atoms with E-state index >= 15 is 0 Å². The van der Waals surface area contributed by atoms with Gasteiger partial charge in [0.2, 0.25) is 5.91 Å². The Morgan fingerprint density at radius 1 is 1.09 bits per heavy atom. The fourth-order valence-electron chi connectivity index (χ4n) is 1.76. The van der Waals surface area contributed by atoms with Gasteiger partial charge < -0.3 is 10.4 Å². The van der Waals surface area contributed by atoms with E-state index < -0.39 is 11.9 Å². The molecule has 2 aromatic carbocycles. The number of anilines is 1. The Kier molecular flexibility index (Phi) is 5.20. The number of halogens is 2. The van der Waals surface area contributed by atoms with Crippen molar-refractivity contribution in [3.8, 4) is 0 Å². The van der Waals surface area contributed by atoms with Crippen LogP contribution in [0.25, 0.3) is 6.08 Å². The minimum absolute atomic E-state index is 0.0220. The second-order valence-electron chi connectivity index (χ2n) is 4.34. The zero-order valence-corrected chi connectivity index (χ0v) is 12.7. The van der Waals surface area contributed by atoms with Crippen molar-refractivity contribution < 1.29 is 14.7 Å². The van der Waals surface area contributed by atoms with Crippen LogP contribution >= 0.6 is 23.2 Å². The smallest absolute Gasteiger partial charge is 0.337 e. The summed E-state index contributed by atoms with van der Waals surface area (Å²) >= 11 is 11.8. The van der Waals surface area contributed by atoms with Crippen molar-refractivity contribution in [2.24, 2.45) is 0 Å². The number of carbonyl (C=O) groups excluding carboxylic acids is 1. The van der Waals surface area contributed by atoms with Gasteiger partial charge in [0.15, 0.2) is 0 Å². The zero-order valence-electron chi connectivity index (χ0n) is 11.2. The summed E-state index contributed by atoms with van der Waals surface area (Å²) in [4.78, 5) is 22.9. The minimum Gasteiger partial charge on any atom is -0.478 e. The molecule has 0 aliphatic rings. The predicted octanol–water partition coefficient (Wildman–Crippen LogP) is 4.34. The lowest BCUT2D eigenvalue weighted by molar-refractivity contribution is -0.111. The van der Waals surface area contributed by atoms with E-state index in [0.29, 0.717) is 15.6 Å². The fourth-order valence-corrected chi connectivity index (χ4v) is 2.23. The van der Waals surface area contributed by atoms with Crippen LogP contribution in [0.5, 0.6) is 0 Å². The van der Waals surface area contributed by atoms with E-state index in [1.807, 2.05) is 0 Å². The van der Waals surface area contributed by atoms with Gasteiger partial charge in [-0.1, -0.05) is 41.4 Å². The van der Waals surface area contributed by atoms with Crippen LogP contribution in [0.1, 0.15) is 15.9 Å². The molecule has 0 atom stereocenters. The van der Waals surface area contributed by atoms with E-state index in [0.717, 1.165) is 0 Å². The van der Waals surface area contributed by atoms with Crippen LogP contribution in [0.2, 0.25) is 10.0 Å². The molecule has 0 spiro atoms. The Labute approximate surface area is 137 Å². The summed E-state index contributed by atoms with van der Waals surface area (Å²) in [7, 11) is 0. The number of carbonyl (C=O) groups is 2. The van der Waals surface area contributed by atoms with E-state index in [4.69, 9.17) is 28.3 Å². The Hall–Kier alpha value is -2.30. The summed E-state index contributed by atoms with van der Waals surface area (Å²) in [6.45, 7) is 0. The first-order chi connectivity index (χ1) is 10.5. The maximum atomic E-state index is 11.9. The molecule has 2 N–H and O–H groups in total. The molecule has 0 fully saturated rings. The van der Waals surface area contributed by atoms with Crippen LogP contribution in [-0.4, -0.2) is 17.0 Å². The lowest BCUT2D eigenvalue weighted by Gasteiger charge is -2.06. The second-order valence-corrected chi connectivity index (χ2v) is 5.18. The van der Waals surface area contributed by atoms with Crippen LogP contribution in [0.4, 0.5) is 5.69 Å². The molecule has 0 bridgehead atoms. The van der Waals surface area contributed by atoms with E-state index in [1.54, 1.807) is 30.3 Å². The molecular weight excluding hydrogens is 325 g/mol. The third-order valence-electron chi connectivity index (χ3n) is 2.79.